The summed E-state index contributed by atoms with van der Waals surface area (Å²) in [5, 5.41) is 0. The van der Waals surface area contributed by atoms with E-state index in [4.69, 9.17) is 0 Å². The molecule has 90 valence electrons. The van der Waals surface area contributed by atoms with Crippen LogP contribution >= 0.6 is 7.81 Å². The normalized spacial score (nSPS) is 15.7. The van der Waals surface area contributed by atoms with Crippen LogP contribution in [-0.2, 0) is 12.6 Å². The molecule has 0 saturated carbocycles. The number of benzene rings is 1. The second kappa shape index (κ2) is 3.56. The van der Waals surface area contributed by atoms with Gasteiger partial charge in [-0.15, -0.1) is 0 Å². The summed E-state index contributed by atoms with van der Waals surface area (Å²) in [7, 11) is -10.7. The van der Waals surface area contributed by atoms with Gasteiger partial charge >= 0.3 is 33.0 Å². The quantitative estimate of drug-likeness (QED) is 0.362. The molecule has 0 saturated heterocycles. The first kappa shape index (κ1) is 14.6. The minimum absolute atomic E-state index is 1.17. The molecule has 0 radical (unpaired) electrons. The van der Waals surface area contributed by atoms with E-state index in [1.54, 1.807) is 0 Å². The van der Waals surface area contributed by atoms with Crippen molar-refractivity contribution in [2.24, 2.45) is 0 Å². The summed E-state index contributed by atoms with van der Waals surface area (Å²) in [6.45, 7) is 2.07. The van der Waals surface area contributed by atoms with Crippen molar-refractivity contribution in [2.75, 3.05) is 0 Å². The Balaban J connectivity index is 0.000000265. The van der Waals surface area contributed by atoms with Gasteiger partial charge in [0.2, 0.25) is 0 Å². The van der Waals surface area contributed by atoms with E-state index in [1.165, 1.54) is 10.5 Å². The molecular weight excluding hydrogens is 261 g/mol. The van der Waals surface area contributed by atoms with E-state index in [1.807, 2.05) is 18.2 Å². The number of aryl methyl sites for hydroxylation is 1. The minimum atomic E-state index is -10.7. The van der Waals surface area contributed by atoms with Gasteiger partial charge in [-0.05, 0) is 25.6 Å². The Morgan fingerprint density at radius 1 is 0.933 bits per heavy atom. The zero-order valence-corrected chi connectivity index (χ0v) is 9.42. The summed E-state index contributed by atoms with van der Waals surface area (Å²) in [6.07, 6.45) is 0. The van der Waals surface area contributed by atoms with Crippen LogP contribution in [0.25, 0.3) is 0 Å². The van der Waals surface area contributed by atoms with Crippen molar-refractivity contribution >= 4 is 20.4 Å². The molecule has 1 aromatic carbocycles. The van der Waals surface area contributed by atoms with Gasteiger partial charge in [-0.25, -0.2) is 0 Å². The first-order valence-corrected chi connectivity index (χ1v) is 6.12. The number of hydrogen-bond donors (Lipinski definition) is 0. The molecule has 0 nitrogen and oxygen atoms in total. The summed E-state index contributed by atoms with van der Waals surface area (Å²) >= 11 is 3.44. The van der Waals surface area contributed by atoms with Crippen molar-refractivity contribution in [2.45, 2.75) is 11.8 Å². The fourth-order valence-electron chi connectivity index (χ4n) is 0.573. The zero-order valence-electron chi connectivity index (χ0n) is 7.52. The molecule has 0 aromatic heterocycles. The number of hydrogen-bond acceptors (Lipinski definition) is 0. The fourth-order valence-corrected chi connectivity index (χ4v) is 0.752. The Morgan fingerprint density at radius 2 is 1.27 bits per heavy atom. The van der Waals surface area contributed by atoms with Crippen molar-refractivity contribution in [3.63, 3.8) is 0 Å². The zero-order chi connectivity index (χ0) is 12.4. The molecular formula is C7H9F6PS. The summed E-state index contributed by atoms with van der Waals surface area (Å²) < 4.78 is 59.2. The van der Waals surface area contributed by atoms with Crippen LogP contribution in [0.4, 0.5) is 25.2 Å². The van der Waals surface area contributed by atoms with Crippen LogP contribution in [0.2, 0.25) is 0 Å². The summed E-state index contributed by atoms with van der Waals surface area (Å²) in [4.78, 5) is 1.17. The number of halogens is 6. The Kier molecular flexibility index (Phi) is 3.46. The molecule has 1 rings (SSSR count). The van der Waals surface area contributed by atoms with Gasteiger partial charge in [-0.1, -0.05) is 18.2 Å². The maximum atomic E-state index is 9.87. The van der Waals surface area contributed by atoms with Crippen LogP contribution < -0.4 is 0 Å². The van der Waals surface area contributed by atoms with Crippen LogP contribution in [0, 0.1) is 6.92 Å². The predicted molar refractivity (Wildman–Crippen MR) is 53.2 cm³/mol. The molecule has 0 atom stereocenters. The Hall–Kier alpha value is -0.420. The molecule has 0 aliphatic heterocycles. The van der Waals surface area contributed by atoms with Crippen molar-refractivity contribution in [1.29, 1.82) is 0 Å². The van der Waals surface area contributed by atoms with E-state index >= 15 is 0 Å². The van der Waals surface area contributed by atoms with Gasteiger partial charge in [0.1, 0.15) is 0 Å². The Bertz CT molecular complexity index is 310. The first-order chi connectivity index (χ1) is 6.25. The first-order valence-electron chi connectivity index (χ1n) is 3.59. The molecule has 8 heteroatoms. The molecule has 0 aliphatic carbocycles. The Labute approximate surface area is 87.9 Å². The van der Waals surface area contributed by atoms with Crippen molar-refractivity contribution in [3.8, 4) is 0 Å². The molecule has 0 amide bonds. The van der Waals surface area contributed by atoms with Crippen molar-refractivity contribution in [1.82, 2.24) is 0 Å². The van der Waals surface area contributed by atoms with Gasteiger partial charge in [0.15, 0.2) is 4.90 Å². The molecule has 0 aliphatic rings. The summed E-state index contributed by atoms with van der Waals surface area (Å²) in [5.74, 6) is 0. The monoisotopic (exact) mass is 270 g/mol. The van der Waals surface area contributed by atoms with Crippen LogP contribution in [0.5, 0.6) is 0 Å². The van der Waals surface area contributed by atoms with Crippen molar-refractivity contribution in [3.05, 3.63) is 29.8 Å². The second-order valence-electron chi connectivity index (χ2n) is 2.77. The molecule has 0 heterocycles. The Morgan fingerprint density at radius 3 is 1.47 bits per heavy atom. The third-order valence-electron chi connectivity index (χ3n) is 1.15. The summed E-state index contributed by atoms with van der Waals surface area (Å²) in [5.41, 5.74) is 1.28. The van der Waals surface area contributed by atoms with Gasteiger partial charge in [0, 0.05) is 5.56 Å². The molecule has 1 aromatic rings. The molecule has 0 N–H and O–H groups in total. The van der Waals surface area contributed by atoms with Gasteiger partial charge < -0.3 is 0 Å². The van der Waals surface area contributed by atoms with Gasteiger partial charge in [-0.3, -0.25) is 0 Å². The second-order valence-corrected chi connectivity index (χ2v) is 5.23. The van der Waals surface area contributed by atoms with Crippen molar-refractivity contribution < 1.29 is 25.2 Å². The average molecular weight is 270 g/mol. The molecule has 0 spiro atoms. The third-order valence-corrected chi connectivity index (χ3v) is 1.71. The average Bonchev–Trinajstić information content (AvgIpc) is 1.88. The van der Waals surface area contributed by atoms with E-state index in [-0.39, 0.29) is 0 Å². The summed E-state index contributed by atoms with van der Waals surface area (Å²) in [6, 6.07) is 8.14. The fraction of sp³-hybridized carbons (Fsp3) is 0.143. The van der Waals surface area contributed by atoms with Crippen LogP contribution in [-0.4, -0.2) is 0 Å². The molecule has 0 fully saturated rings. The van der Waals surface area contributed by atoms with Crippen LogP contribution in [0.1, 0.15) is 5.56 Å². The predicted octanol–water partition coefficient (Wildman–Crippen LogP) is 4.75. The molecule has 0 bridgehead atoms. The molecule has 0 unspecified atom stereocenters. The van der Waals surface area contributed by atoms with E-state index < -0.39 is 7.81 Å². The molecule has 15 heavy (non-hydrogen) atoms. The topological polar surface area (TPSA) is 0 Å². The van der Waals surface area contributed by atoms with Gasteiger partial charge in [0.05, 0.1) is 0 Å². The third kappa shape index (κ3) is 16.3. The number of rotatable bonds is 0. The van der Waals surface area contributed by atoms with E-state index in [0.29, 0.717) is 0 Å². The standard InChI is InChI=1S/C7H8S.F6P/c1-6-4-2-3-5-7(6)8;1-7(2,3,4,5)6/h2-5,8H,1H3;/q;-1/p+1. The SMILES string of the molecule is Cc1ccccc1[SH2+].F[P-](F)(F)(F)(F)F. The van der Waals surface area contributed by atoms with E-state index in [0.717, 1.165) is 0 Å². The van der Waals surface area contributed by atoms with Gasteiger partial charge in [0.25, 0.3) is 0 Å². The van der Waals surface area contributed by atoms with Crippen LogP contribution in [0.15, 0.2) is 29.2 Å². The maximum absolute atomic E-state index is 10.7. The van der Waals surface area contributed by atoms with E-state index in [9.17, 15) is 25.2 Å². The van der Waals surface area contributed by atoms with E-state index in [2.05, 4.69) is 25.6 Å². The van der Waals surface area contributed by atoms with Crippen LogP contribution in [0.3, 0.4) is 0 Å². The van der Waals surface area contributed by atoms with Gasteiger partial charge in [-0.2, -0.15) is 0 Å².